The van der Waals surface area contributed by atoms with E-state index in [1.165, 1.54) is 19.3 Å². The van der Waals surface area contributed by atoms with Crippen LogP contribution in [0.5, 0.6) is 0 Å². The summed E-state index contributed by atoms with van der Waals surface area (Å²) in [6.45, 7) is -0.619. The first-order valence-corrected chi connectivity index (χ1v) is 12.2. The van der Waals surface area contributed by atoms with Crippen LogP contribution in [0.1, 0.15) is 38.5 Å². The van der Waals surface area contributed by atoms with Crippen molar-refractivity contribution in [3.63, 3.8) is 0 Å². The van der Waals surface area contributed by atoms with E-state index in [4.69, 9.17) is 0 Å². The number of rotatable bonds is 3. The van der Waals surface area contributed by atoms with Gasteiger partial charge in [-0.15, -0.1) is 0 Å². The highest BCUT2D eigenvalue weighted by Crippen LogP contribution is 2.37. The van der Waals surface area contributed by atoms with Crippen LogP contribution in [-0.2, 0) is 14.8 Å². The number of carbonyl (C=O) groups excluding carboxylic acids is 1. The van der Waals surface area contributed by atoms with Crippen LogP contribution in [-0.4, -0.2) is 79.1 Å². The average Bonchev–Trinajstić information content (AvgIpc) is 3.29. The van der Waals surface area contributed by atoms with Gasteiger partial charge in [0.05, 0.1) is 19.1 Å². The SMILES string of the molecule is O=C(C1CC2CCCCC2N1)N1CCC2NNC(S(=O)(=O)N3CC(F)(F)C3)C2C1. The molecule has 11 heteroatoms. The number of nitrogens with zero attached hydrogens (tertiary/aromatic N) is 2. The summed E-state index contributed by atoms with van der Waals surface area (Å²) in [7, 11) is -3.90. The molecule has 6 atom stereocenters. The molecule has 0 aromatic rings. The number of alkyl halides is 2. The zero-order chi connectivity index (χ0) is 20.4. The summed E-state index contributed by atoms with van der Waals surface area (Å²) in [5.74, 6) is -2.68. The Bertz CT molecular complexity index is 759. The molecule has 5 aliphatic rings. The molecule has 0 spiro atoms. The molecular weight excluding hydrogens is 404 g/mol. The van der Waals surface area contributed by atoms with Gasteiger partial charge in [-0.25, -0.2) is 22.6 Å². The number of nitrogens with one attached hydrogen (secondary N) is 3. The fourth-order valence-corrected chi connectivity index (χ4v) is 7.79. The molecule has 1 amide bonds. The second-order valence-corrected chi connectivity index (χ2v) is 11.4. The zero-order valence-corrected chi connectivity index (χ0v) is 17.1. The number of likely N-dealkylation sites (tertiary alicyclic amines) is 1. The molecule has 1 aliphatic carbocycles. The second-order valence-electron chi connectivity index (χ2n) is 9.33. The highest BCUT2D eigenvalue weighted by molar-refractivity contribution is 7.89. The van der Waals surface area contributed by atoms with Gasteiger partial charge in [-0.1, -0.05) is 12.8 Å². The van der Waals surface area contributed by atoms with E-state index < -0.39 is 34.4 Å². The van der Waals surface area contributed by atoms with Crippen molar-refractivity contribution in [2.45, 2.75) is 67.9 Å². The van der Waals surface area contributed by atoms with Crippen molar-refractivity contribution >= 4 is 15.9 Å². The predicted molar refractivity (Wildman–Crippen MR) is 101 cm³/mol. The van der Waals surface area contributed by atoms with E-state index >= 15 is 0 Å². The van der Waals surface area contributed by atoms with Gasteiger partial charge in [0.15, 0.2) is 0 Å². The van der Waals surface area contributed by atoms with Crippen LogP contribution in [0.15, 0.2) is 0 Å². The first-order valence-electron chi connectivity index (χ1n) is 10.7. The van der Waals surface area contributed by atoms with E-state index in [1.54, 1.807) is 4.90 Å². The fourth-order valence-electron chi connectivity index (χ4n) is 5.80. The van der Waals surface area contributed by atoms with Gasteiger partial charge in [0.1, 0.15) is 5.37 Å². The van der Waals surface area contributed by atoms with Crippen LogP contribution in [0.3, 0.4) is 0 Å². The number of piperidine rings is 1. The fraction of sp³-hybridized carbons (Fsp3) is 0.944. The summed E-state index contributed by atoms with van der Waals surface area (Å²) in [6, 6.07) is 0.150. The number of amides is 1. The Balaban J connectivity index is 1.25. The van der Waals surface area contributed by atoms with Crippen molar-refractivity contribution in [2.24, 2.45) is 11.8 Å². The minimum atomic E-state index is -3.90. The number of fused-ring (bicyclic) bond motifs is 2. The summed E-state index contributed by atoms with van der Waals surface area (Å²) in [6.07, 6.45) is 6.22. The lowest BCUT2D eigenvalue weighted by Crippen LogP contribution is -2.63. The molecule has 4 saturated heterocycles. The van der Waals surface area contributed by atoms with Crippen molar-refractivity contribution in [2.75, 3.05) is 26.2 Å². The molecule has 0 aromatic carbocycles. The molecule has 0 radical (unpaired) electrons. The van der Waals surface area contributed by atoms with Crippen LogP contribution >= 0.6 is 0 Å². The third kappa shape index (κ3) is 3.48. The molecule has 8 nitrogen and oxygen atoms in total. The third-order valence-corrected chi connectivity index (χ3v) is 9.51. The molecule has 4 aliphatic heterocycles. The second kappa shape index (κ2) is 7.08. The van der Waals surface area contributed by atoms with Crippen LogP contribution in [0.2, 0.25) is 0 Å². The molecule has 164 valence electrons. The molecule has 29 heavy (non-hydrogen) atoms. The van der Waals surface area contributed by atoms with Crippen LogP contribution in [0, 0.1) is 11.8 Å². The maximum absolute atomic E-state index is 13.2. The summed E-state index contributed by atoms with van der Waals surface area (Å²) in [5.41, 5.74) is 5.82. The number of hydrogen-bond donors (Lipinski definition) is 3. The Morgan fingerprint density at radius 3 is 2.52 bits per heavy atom. The first kappa shape index (κ1) is 20.0. The van der Waals surface area contributed by atoms with Crippen LogP contribution in [0.25, 0.3) is 0 Å². The standard InChI is InChI=1S/C18H29F2N5O3S/c19-18(20)9-25(10-18)29(27,28)16-12-8-24(6-5-14(12)22-23-16)17(26)15-7-11-3-1-2-4-13(11)21-15/h11-16,21-23H,1-10H2. The number of carbonyl (C=O) groups is 1. The largest absolute Gasteiger partial charge is 0.341 e. The van der Waals surface area contributed by atoms with Gasteiger partial charge in [0, 0.05) is 31.1 Å². The maximum atomic E-state index is 13.2. The Hall–Kier alpha value is -0.880. The van der Waals surface area contributed by atoms with Gasteiger partial charge < -0.3 is 10.2 Å². The molecular formula is C18H29F2N5O3S. The summed E-state index contributed by atoms with van der Waals surface area (Å²) in [5, 5.41) is 2.52. The van der Waals surface area contributed by atoms with Gasteiger partial charge in [-0.2, -0.15) is 4.31 Å². The summed E-state index contributed by atoms with van der Waals surface area (Å²) < 4.78 is 52.9. The van der Waals surface area contributed by atoms with E-state index in [0.29, 0.717) is 31.5 Å². The lowest BCUT2D eigenvalue weighted by atomic mass is 9.85. The van der Waals surface area contributed by atoms with Crippen molar-refractivity contribution in [3.05, 3.63) is 0 Å². The molecule has 3 N–H and O–H groups in total. The van der Waals surface area contributed by atoms with E-state index in [1.807, 2.05) is 0 Å². The van der Waals surface area contributed by atoms with Gasteiger partial charge in [-0.3, -0.25) is 10.2 Å². The van der Waals surface area contributed by atoms with E-state index in [2.05, 4.69) is 16.2 Å². The van der Waals surface area contributed by atoms with Crippen molar-refractivity contribution in [1.82, 2.24) is 25.4 Å². The van der Waals surface area contributed by atoms with Crippen molar-refractivity contribution in [3.8, 4) is 0 Å². The molecule has 5 fully saturated rings. The van der Waals surface area contributed by atoms with E-state index in [0.717, 1.165) is 17.1 Å². The Labute approximate surface area is 169 Å². The van der Waals surface area contributed by atoms with E-state index in [-0.39, 0.29) is 23.9 Å². The smallest absolute Gasteiger partial charge is 0.275 e. The number of hydrogen-bond acceptors (Lipinski definition) is 6. The van der Waals surface area contributed by atoms with Gasteiger partial charge in [-0.05, 0) is 31.6 Å². The quantitative estimate of drug-likeness (QED) is 0.573. The normalized spacial score (nSPS) is 42.2. The topological polar surface area (TPSA) is 93.8 Å². The van der Waals surface area contributed by atoms with E-state index in [9.17, 15) is 22.0 Å². The van der Waals surface area contributed by atoms with Crippen molar-refractivity contribution in [1.29, 1.82) is 0 Å². The van der Waals surface area contributed by atoms with Crippen molar-refractivity contribution < 1.29 is 22.0 Å². The van der Waals surface area contributed by atoms with Gasteiger partial charge in [0.25, 0.3) is 5.92 Å². The molecule has 0 bridgehead atoms. The minimum Gasteiger partial charge on any atom is -0.341 e. The summed E-state index contributed by atoms with van der Waals surface area (Å²) in [4.78, 5) is 14.9. The Morgan fingerprint density at radius 1 is 1.03 bits per heavy atom. The molecule has 1 saturated carbocycles. The zero-order valence-electron chi connectivity index (χ0n) is 16.3. The van der Waals surface area contributed by atoms with Gasteiger partial charge >= 0.3 is 0 Å². The highest BCUT2D eigenvalue weighted by atomic mass is 32.2. The molecule has 5 rings (SSSR count). The average molecular weight is 434 g/mol. The Morgan fingerprint density at radius 2 is 1.79 bits per heavy atom. The lowest BCUT2D eigenvalue weighted by molar-refractivity contribution is -0.135. The molecule has 4 heterocycles. The van der Waals surface area contributed by atoms with Crippen LogP contribution < -0.4 is 16.2 Å². The van der Waals surface area contributed by atoms with Crippen LogP contribution in [0.4, 0.5) is 8.78 Å². The van der Waals surface area contributed by atoms with Gasteiger partial charge in [0.2, 0.25) is 15.9 Å². The lowest BCUT2D eigenvalue weighted by Gasteiger charge is -2.41. The molecule has 6 unspecified atom stereocenters. The minimum absolute atomic E-state index is 0.0522. The number of halogens is 2. The predicted octanol–water partition coefficient (Wildman–Crippen LogP) is -0.161. The maximum Gasteiger partial charge on any atom is 0.275 e. The highest BCUT2D eigenvalue weighted by Gasteiger charge is 2.56. The monoisotopic (exact) mass is 433 g/mol. The Kier molecular flexibility index (Phi) is 4.89. The number of hydrazine groups is 1. The third-order valence-electron chi connectivity index (χ3n) is 7.43. The first-order chi connectivity index (χ1) is 13.7. The summed E-state index contributed by atoms with van der Waals surface area (Å²) >= 11 is 0. The number of sulfonamides is 1. The molecule has 0 aromatic heterocycles.